The maximum atomic E-state index is 14.0. The number of benzene rings is 1. The van der Waals surface area contributed by atoms with Gasteiger partial charge in [0, 0.05) is 31.8 Å². The van der Waals surface area contributed by atoms with Crippen molar-refractivity contribution in [1.82, 2.24) is 4.90 Å². The zero-order valence-corrected chi connectivity index (χ0v) is 12.3. The van der Waals surface area contributed by atoms with Gasteiger partial charge in [0.05, 0.1) is 11.6 Å². The Balaban J connectivity index is 2.29. The topological polar surface area (TPSA) is 38.5 Å². The summed E-state index contributed by atoms with van der Waals surface area (Å²) >= 11 is 0. The summed E-state index contributed by atoms with van der Waals surface area (Å²) in [5.74, 6) is -3.02. The van der Waals surface area contributed by atoms with Crippen molar-refractivity contribution >= 4 is 0 Å². The van der Waals surface area contributed by atoms with Crippen LogP contribution in [0.4, 0.5) is 13.2 Å². The molecule has 0 spiro atoms. The highest BCUT2D eigenvalue weighted by Gasteiger charge is 2.35. The van der Waals surface area contributed by atoms with Gasteiger partial charge in [0.1, 0.15) is 5.82 Å². The molecule has 2 N–H and O–H groups in total. The molecule has 0 aliphatic carbocycles. The van der Waals surface area contributed by atoms with E-state index in [-0.39, 0.29) is 17.7 Å². The van der Waals surface area contributed by atoms with Crippen molar-refractivity contribution in [2.75, 3.05) is 26.7 Å². The first-order valence-corrected chi connectivity index (χ1v) is 7.04. The second-order valence-electron chi connectivity index (χ2n) is 5.77. The van der Waals surface area contributed by atoms with Gasteiger partial charge in [0.15, 0.2) is 11.6 Å². The minimum absolute atomic E-state index is 0.0942. The highest BCUT2D eigenvalue weighted by molar-refractivity contribution is 5.24. The van der Waals surface area contributed by atoms with Crippen LogP contribution in [-0.4, -0.2) is 37.2 Å². The molecule has 0 amide bonds. The fourth-order valence-corrected chi connectivity index (χ4v) is 2.94. The average Bonchev–Trinajstić information content (AvgIpc) is 2.45. The largest absolute Gasteiger partial charge is 0.377 e. The Morgan fingerprint density at radius 2 is 1.95 bits per heavy atom. The van der Waals surface area contributed by atoms with Crippen molar-refractivity contribution in [3.8, 4) is 0 Å². The lowest BCUT2D eigenvalue weighted by molar-refractivity contribution is -0.0611. The van der Waals surface area contributed by atoms with Crippen LogP contribution in [0.3, 0.4) is 0 Å². The Labute approximate surface area is 122 Å². The van der Waals surface area contributed by atoms with Gasteiger partial charge in [-0.1, -0.05) is 0 Å². The SMILES string of the molecule is COC1(C)CCCN(C(CN)c2cc(F)c(F)cc2F)C1. The number of nitrogens with zero attached hydrogens (tertiary/aromatic N) is 1. The summed E-state index contributed by atoms with van der Waals surface area (Å²) in [4.78, 5) is 1.97. The number of ether oxygens (including phenoxy) is 1. The second-order valence-corrected chi connectivity index (χ2v) is 5.77. The molecule has 2 unspecified atom stereocenters. The minimum Gasteiger partial charge on any atom is -0.377 e. The molecule has 1 aromatic rings. The molecule has 2 atom stereocenters. The number of halogens is 3. The van der Waals surface area contributed by atoms with E-state index in [1.54, 1.807) is 7.11 Å². The zero-order chi connectivity index (χ0) is 15.6. The van der Waals surface area contributed by atoms with E-state index in [4.69, 9.17) is 10.5 Å². The molecule has 1 saturated heterocycles. The molecule has 6 heteroatoms. The number of methoxy groups -OCH3 is 1. The normalized spacial score (nSPS) is 25.0. The second kappa shape index (κ2) is 6.34. The van der Waals surface area contributed by atoms with E-state index in [9.17, 15) is 13.2 Å². The molecule has 118 valence electrons. The van der Waals surface area contributed by atoms with E-state index in [2.05, 4.69) is 0 Å². The third kappa shape index (κ3) is 3.39. The number of piperidine rings is 1. The highest BCUT2D eigenvalue weighted by atomic mass is 19.2. The third-order valence-corrected chi connectivity index (χ3v) is 4.24. The quantitative estimate of drug-likeness (QED) is 0.869. The van der Waals surface area contributed by atoms with Crippen LogP contribution in [0.2, 0.25) is 0 Å². The fourth-order valence-electron chi connectivity index (χ4n) is 2.94. The molecule has 0 bridgehead atoms. The van der Waals surface area contributed by atoms with Crippen LogP contribution in [0.5, 0.6) is 0 Å². The zero-order valence-electron chi connectivity index (χ0n) is 12.3. The van der Waals surface area contributed by atoms with Gasteiger partial charge in [-0.3, -0.25) is 4.90 Å². The van der Waals surface area contributed by atoms with Gasteiger partial charge in [-0.15, -0.1) is 0 Å². The van der Waals surface area contributed by atoms with E-state index in [1.807, 2.05) is 11.8 Å². The number of rotatable bonds is 4. The number of nitrogens with two attached hydrogens (primary N) is 1. The van der Waals surface area contributed by atoms with E-state index in [0.29, 0.717) is 12.6 Å². The first-order valence-electron chi connectivity index (χ1n) is 7.04. The molecular formula is C15H21F3N2O. The van der Waals surface area contributed by atoms with Crippen LogP contribution >= 0.6 is 0 Å². The Kier molecular flexibility index (Phi) is 4.91. The van der Waals surface area contributed by atoms with Gasteiger partial charge in [0.25, 0.3) is 0 Å². The molecule has 21 heavy (non-hydrogen) atoms. The molecule has 1 aromatic carbocycles. The summed E-state index contributed by atoms with van der Waals surface area (Å²) in [6, 6.07) is 0.989. The summed E-state index contributed by atoms with van der Waals surface area (Å²) in [6.07, 6.45) is 1.78. The van der Waals surface area contributed by atoms with Gasteiger partial charge in [-0.25, -0.2) is 13.2 Å². The maximum Gasteiger partial charge on any atom is 0.161 e. The van der Waals surface area contributed by atoms with Crippen LogP contribution < -0.4 is 5.73 Å². The Hall–Kier alpha value is -1.11. The van der Waals surface area contributed by atoms with Crippen LogP contribution in [-0.2, 0) is 4.74 Å². The van der Waals surface area contributed by atoms with Crippen LogP contribution in [0, 0.1) is 17.5 Å². The number of likely N-dealkylation sites (tertiary alicyclic amines) is 1. The minimum atomic E-state index is -1.19. The average molecular weight is 302 g/mol. The van der Waals surface area contributed by atoms with E-state index in [0.717, 1.165) is 25.5 Å². The molecular weight excluding hydrogens is 281 g/mol. The molecule has 3 nitrogen and oxygen atoms in total. The summed E-state index contributed by atoms with van der Waals surface area (Å²) in [5.41, 5.74) is 5.52. The Morgan fingerprint density at radius 1 is 1.29 bits per heavy atom. The summed E-state index contributed by atoms with van der Waals surface area (Å²) < 4.78 is 46.0. The van der Waals surface area contributed by atoms with E-state index in [1.165, 1.54) is 0 Å². The molecule has 1 aliphatic heterocycles. The first kappa shape index (κ1) is 16.3. The smallest absolute Gasteiger partial charge is 0.161 e. The maximum absolute atomic E-state index is 14.0. The van der Waals surface area contributed by atoms with Gasteiger partial charge in [-0.05, 0) is 32.4 Å². The van der Waals surface area contributed by atoms with Gasteiger partial charge >= 0.3 is 0 Å². The fraction of sp³-hybridized carbons (Fsp3) is 0.600. The van der Waals surface area contributed by atoms with Crippen LogP contribution in [0.25, 0.3) is 0 Å². The van der Waals surface area contributed by atoms with E-state index >= 15 is 0 Å². The van der Waals surface area contributed by atoms with Crippen molar-refractivity contribution < 1.29 is 17.9 Å². The van der Waals surface area contributed by atoms with Gasteiger partial charge in [0.2, 0.25) is 0 Å². The van der Waals surface area contributed by atoms with Crippen molar-refractivity contribution in [3.05, 3.63) is 35.1 Å². The summed E-state index contributed by atoms with van der Waals surface area (Å²) in [7, 11) is 1.64. The standard InChI is InChI=1S/C15H21F3N2O/c1-15(21-2)4-3-5-20(9-15)14(8-19)10-6-12(17)13(18)7-11(10)16/h6-7,14H,3-5,8-9,19H2,1-2H3. The molecule has 1 heterocycles. The van der Waals surface area contributed by atoms with Crippen LogP contribution in [0.1, 0.15) is 31.4 Å². The first-order chi connectivity index (χ1) is 9.90. The Morgan fingerprint density at radius 3 is 2.57 bits per heavy atom. The summed E-state index contributed by atoms with van der Waals surface area (Å²) in [5, 5.41) is 0. The number of hydrogen-bond acceptors (Lipinski definition) is 3. The van der Waals surface area contributed by atoms with Gasteiger partial charge in [-0.2, -0.15) is 0 Å². The number of hydrogen-bond donors (Lipinski definition) is 1. The van der Waals surface area contributed by atoms with Crippen molar-refractivity contribution in [1.29, 1.82) is 0 Å². The van der Waals surface area contributed by atoms with Crippen LogP contribution in [0.15, 0.2) is 12.1 Å². The molecule has 1 fully saturated rings. The van der Waals surface area contributed by atoms with Crippen molar-refractivity contribution in [3.63, 3.8) is 0 Å². The third-order valence-electron chi connectivity index (χ3n) is 4.24. The molecule has 0 aromatic heterocycles. The lowest BCUT2D eigenvalue weighted by atomic mass is 9.92. The predicted octanol–water partition coefficient (Wildman–Crippen LogP) is 2.60. The molecule has 2 rings (SSSR count). The predicted molar refractivity (Wildman–Crippen MR) is 74.3 cm³/mol. The monoisotopic (exact) mass is 302 g/mol. The van der Waals surface area contributed by atoms with Crippen molar-refractivity contribution in [2.45, 2.75) is 31.4 Å². The lowest BCUT2D eigenvalue weighted by Crippen LogP contribution is -2.50. The van der Waals surface area contributed by atoms with Gasteiger partial charge < -0.3 is 10.5 Å². The molecule has 0 radical (unpaired) electrons. The Bertz CT molecular complexity index is 512. The molecule has 1 aliphatic rings. The lowest BCUT2D eigenvalue weighted by Gasteiger charge is -2.43. The highest BCUT2D eigenvalue weighted by Crippen LogP contribution is 2.31. The van der Waals surface area contributed by atoms with Crippen molar-refractivity contribution in [2.24, 2.45) is 5.73 Å². The van der Waals surface area contributed by atoms with E-state index < -0.39 is 23.5 Å². The summed E-state index contributed by atoms with van der Waals surface area (Å²) in [6.45, 7) is 3.40. The molecule has 0 saturated carbocycles.